The summed E-state index contributed by atoms with van der Waals surface area (Å²) in [5, 5.41) is 0. The zero-order chi connectivity index (χ0) is 18.0. The van der Waals surface area contributed by atoms with E-state index in [4.69, 9.17) is 9.79 Å². The van der Waals surface area contributed by atoms with Gasteiger partial charge in [0.1, 0.15) is 5.60 Å². The number of halogens is 7. The molecule has 134 valence electrons. The summed E-state index contributed by atoms with van der Waals surface area (Å²) in [5.74, 6) is -12.4. The third-order valence-corrected chi connectivity index (χ3v) is 3.71. The van der Waals surface area contributed by atoms with E-state index < -0.39 is 44.3 Å². The van der Waals surface area contributed by atoms with Crippen LogP contribution in [0.5, 0.6) is 0 Å². The van der Waals surface area contributed by atoms with E-state index in [0.29, 0.717) is 0 Å². The summed E-state index contributed by atoms with van der Waals surface area (Å²) in [6.45, 7) is 2.21. The van der Waals surface area contributed by atoms with Gasteiger partial charge in [-0.2, -0.15) is 30.7 Å². The van der Waals surface area contributed by atoms with Gasteiger partial charge in [-0.15, -0.1) is 0 Å². The minimum atomic E-state index is -6.61. The van der Waals surface area contributed by atoms with Gasteiger partial charge >= 0.3 is 25.8 Å². The van der Waals surface area contributed by atoms with Gasteiger partial charge in [-0.25, -0.2) is 4.57 Å². The standard InChI is InChI=1S/C10H16F7O4P/c1-3-5-6-7(4-2,21-22(18,19)20)8(11,12)9(13,14)10(15,16)17/h3-6H2,1-2H3,(H2,18,19,20). The van der Waals surface area contributed by atoms with Crippen LogP contribution in [0.15, 0.2) is 0 Å². The number of hydrogen-bond donors (Lipinski definition) is 2. The van der Waals surface area contributed by atoms with Crippen molar-refractivity contribution in [2.45, 2.75) is 63.2 Å². The first-order valence-electron chi connectivity index (χ1n) is 6.16. The van der Waals surface area contributed by atoms with Crippen LogP contribution in [0, 0.1) is 0 Å². The molecular weight excluding hydrogens is 348 g/mol. The predicted octanol–water partition coefficient (Wildman–Crippen LogP) is 4.27. The fraction of sp³-hybridized carbons (Fsp3) is 1.00. The van der Waals surface area contributed by atoms with E-state index in [1.54, 1.807) is 0 Å². The zero-order valence-electron chi connectivity index (χ0n) is 11.6. The summed E-state index contributed by atoms with van der Waals surface area (Å²) in [6.07, 6.45) is -9.03. The minimum Gasteiger partial charge on any atom is -0.303 e. The summed E-state index contributed by atoms with van der Waals surface area (Å²) in [4.78, 5) is 17.3. The summed E-state index contributed by atoms with van der Waals surface area (Å²) in [5.41, 5.74) is -3.65. The second-order valence-electron chi connectivity index (χ2n) is 4.68. The Bertz CT molecular complexity index is 420. The molecule has 0 aromatic carbocycles. The third-order valence-electron chi connectivity index (χ3n) is 3.12. The average Bonchev–Trinajstić information content (AvgIpc) is 2.31. The molecule has 1 atom stereocenters. The van der Waals surface area contributed by atoms with Gasteiger partial charge in [-0.05, 0) is 12.8 Å². The Hall–Kier alpha value is -0.380. The first kappa shape index (κ1) is 21.6. The van der Waals surface area contributed by atoms with Crippen LogP contribution in [-0.2, 0) is 9.09 Å². The molecule has 0 saturated heterocycles. The van der Waals surface area contributed by atoms with Gasteiger partial charge in [0.2, 0.25) is 0 Å². The Morgan fingerprint density at radius 3 is 1.68 bits per heavy atom. The van der Waals surface area contributed by atoms with Crippen LogP contribution in [0.2, 0.25) is 0 Å². The first-order chi connectivity index (χ1) is 9.58. The van der Waals surface area contributed by atoms with Crippen molar-refractivity contribution >= 4 is 7.82 Å². The Balaban J connectivity index is 6.09. The number of hydrogen-bond acceptors (Lipinski definition) is 2. The number of rotatable bonds is 8. The molecule has 0 saturated carbocycles. The second-order valence-corrected chi connectivity index (χ2v) is 5.84. The molecule has 0 amide bonds. The highest BCUT2D eigenvalue weighted by molar-refractivity contribution is 7.46. The van der Waals surface area contributed by atoms with E-state index in [0.717, 1.165) is 6.92 Å². The molecule has 0 spiro atoms. The van der Waals surface area contributed by atoms with E-state index in [1.807, 2.05) is 0 Å². The molecule has 12 heteroatoms. The molecule has 0 aliphatic carbocycles. The average molecular weight is 364 g/mol. The molecule has 0 heterocycles. The fourth-order valence-corrected chi connectivity index (χ4v) is 2.67. The lowest BCUT2D eigenvalue weighted by Gasteiger charge is -2.43. The highest BCUT2D eigenvalue weighted by atomic mass is 31.2. The van der Waals surface area contributed by atoms with Gasteiger partial charge in [-0.3, -0.25) is 4.52 Å². The van der Waals surface area contributed by atoms with Gasteiger partial charge in [0.05, 0.1) is 0 Å². The lowest BCUT2D eigenvalue weighted by Crippen LogP contribution is -2.64. The maximum atomic E-state index is 13.9. The van der Waals surface area contributed by atoms with Gasteiger partial charge in [0.15, 0.2) is 0 Å². The van der Waals surface area contributed by atoms with Crippen LogP contribution in [0.25, 0.3) is 0 Å². The summed E-state index contributed by atoms with van der Waals surface area (Å²) in [7, 11) is -5.74. The van der Waals surface area contributed by atoms with Crippen molar-refractivity contribution < 1.29 is 49.6 Å². The molecule has 1 unspecified atom stereocenters. The van der Waals surface area contributed by atoms with E-state index in [-0.39, 0.29) is 12.8 Å². The van der Waals surface area contributed by atoms with Crippen molar-refractivity contribution in [1.29, 1.82) is 0 Å². The third kappa shape index (κ3) is 4.12. The number of phosphoric ester groups is 1. The number of alkyl halides is 7. The van der Waals surface area contributed by atoms with Crippen molar-refractivity contribution in [2.75, 3.05) is 0 Å². The van der Waals surface area contributed by atoms with Gasteiger partial charge in [0, 0.05) is 0 Å². The molecule has 0 aliphatic rings. The van der Waals surface area contributed by atoms with Crippen molar-refractivity contribution in [3.05, 3.63) is 0 Å². The SMILES string of the molecule is CCCCC(CC)(OP(=O)(O)O)C(F)(F)C(F)(F)C(F)(F)F. The normalized spacial score (nSPS) is 17.4. The van der Waals surface area contributed by atoms with Crippen molar-refractivity contribution in [2.24, 2.45) is 0 Å². The maximum Gasteiger partial charge on any atom is 0.470 e. The number of unbranched alkanes of at least 4 members (excludes halogenated alkanes) is 1. The zero-order valence-corrected chi connectivity index (χ0v) is 12.5. The van der Waals surface area contributed by atoms with Crippen molar-refractivity contribution in [3.8, 4) is 0 Å². The predicted molar refractivity (Wildman–Crippen MR) is 61.6 cm³/mol. The van der Waals surface area contributed by atoms with Gasteiger partial charge in [-0.1, -0.05) is 26.7 Å². The van der Waals surface area contributed by atoms with E-state index >= 15 is 0 Å². The summed E-state index contributed by atoms with van der Waals surface area (Å²) >= 11 is 0. The molecule has 22 heavy (non-hydrogen) atoms. The Kier molecular flexibility index (Phi) is 6.51. The largest absolute Gasteiger partial charge is 0.470 e. The molecule has 0 aromatic heterocycles. The van der Waals surface area contributed by atoms with Crippen LogP contribution in [-0.4, -0.2) is 33.4 Å². The molecule has 0 aliphatic heterocycles. The lowest BCUT2D eigenvalue weighted by molar-refractivity contribution is -0.386. The van der Waals surface area contributed by atoms with Gasteiger partial charge in [0.25, 0.3) is 0 Å². The number of phosphoric acid groups is 1. The van der Waals surface area contributed by atoms with Gasteiger partial charge < -0.3 is 9.79 Å². The summed E-state index contributed by atoms with van der Waals surface area (Å²) < 4.78 is 106. The molecular formula is C10H16F7O4P. The van der Waals surface area contributed by atoms with Crippen molar-refractivity contribution in [1.82, 2.24) is 0 Å². The van der Waals surface area contributed by atoms with E-state index in [2.05, 4.69) is 4.52 Å². The maximum absolute atomic E-state index is 13.9. The molecule has 0 bridgehead atoms. The second kappa shape index (κ2) is 6.62. The monoisotopic (exact) mass is 364 g/mol. The molecule has 2 N–H and O–H groups in total. The minimum absolute atomic E-state index is 0.111. The highest BCUT2D eigenvalue weighted by Crippen LogP contribution is 2.58. The van der Waals surface area contributed by atoms with Crippen LogP contribution >= 0.6 is 7.82 Å². The van der Waals surface area contributed by atoms with Crippen LogP contribution in [0.4, 0.5) is 30.7 Å². The smallest absolute Gasteiger partial charge is 0.303 e. The highest BCUT2D eigenvalue weighted by Gasteiger charge is 2.80. The fourth-order valence-electron chi connectivity index (χ4n) is 1.88. The molecule has 0 rings (SSSR count). The molecule has 4 nitrogen and oxygen atoms in total. The molecule has 0 aromatic rings. The Morgan fingerprint density at radius 1 is 0.955 bits per heavy atom. The summed E-state index contributed by atoms with van der Waals surface area (Å²) in [6, 6.07) is 0. The lowest BCUT2D eigenvalue weighted by atomic mass is 9.83. The van der Waals surface area contributed by atoms with Crippen LogP contribution in [0.1, 0.15) is 39.5 Å². The molecule has 0 radical (unpaired) electrons. The van der Waals surface area contributed by atoms with Crippen LogP contribution < -0.4 is 0 Å². The topological polar surface area (TPSA) is 66.8 Å². The molecule has 0 fully saturated rings. The van der Waals surface area contributed by atoms with E-state index in [9.17, 15) is 35.3 Å². The van der Waals surface area contributed by atoms with E-state index in [1.165, 1.54) is 6.92 Å². The quantitative estimate of drug-likeness (QED) is 0.499. The van der Waals surface area contributed by atoms with Crippen LogP contribution in [0.3, 0.4) is 0 Å². The Morgan fingerprint density at radius 2 is 1.41 bits per heavy atom. The Labute approximate surface area is 121 Å². The van der Waals surface area contributed by atoms with Crippen molar-refractivity contribution in [3.63, 3.8) is 0 Å². The first-order valence-corrected chi connectivity index (χ1v) is 7.69.